The summed E-state index contributed by atoms with van der Waals surface area (Å²) in [6, 6.07) is 3.10. The highest BCUT2D eigenvalue weighted by Gasteiger charge is 2.18. The van der Waals surface area contributed by atoms with E-state index in [4.69, 9.17) is 0 Å². The molecule has 2 N–H and O–H groups in total. The van der Waals surface area contributed by atoms with Crippen LogP contribution in [0.3, 0.4) is 0 Å². The monoisotopic (exact) mass is 242 g/mol. The second-order valence-electron chi connectivity index (χ2n) is 3.48. The third kappa shape index (κ3) is 2.31. The molecular weight excluding hydrogens is 233 g/mol. The molecule has 0 spiro atoms. The summed E-state index contributed by atoms with van der Waals surface area (Å²) in [5.41, 5.74) is -0.261. The average Bonchev–Trinajstić information content (AvgIpc) is 2.81. The van der Waals surface area contributed by atoms with Crippen LogP contribution in [0.4, 0.5) is 13.2 Å². The fraction of sp³-hybridized carbons (Fsp3) is 0.182. The van der Waals surface area contributed by atoms with Crippen LogP contribution in [0.5, 0.6) is 0 Å². The van der Waals surface area contributed by atoms with Crippen molar-refractivity contribution in [3.8, 4) is 0 Å². The summed E-state index contributed by atoms with van der Waals surface area (Å²) >= 11 is 0. The lowest BCUT2D eigenvalue weighted by Gasteiger charge is -2.10. The molecule has 0 radical (unpaired) electrons. The number of aliphatic hydroxyl groups excluding tert-OH is 1. The fourth-order valence-corrected chi connectivity index (χ4v) is 1.49. The first kappa shape index (κ1) is 11.7. The molecule has 0 fully saturated rings. The van der Waals surface area contributed by atoms with E-state index >= 15 is 0 Å². The number of hydrogen-bond donors (Lipinski definition) is 2. The summed E-state index contributed by atoms with van der Waals surface area (Å²) in [7, 11) is 0. The van der Waals surface area contributed by atoms with E-state index in [2.05, 4.69) is 9.97 Å². The van der Waals surface area contributed by atoms with E-state index in [1.165, 1.54) is 18.6 Å². The van der Waals surface area contributed by atoms with E-state index in [0.717, 1.165) is 12.1 Å². The molecule has 17 heavy (non-hydrogen) atoms. The smallest absolute Gasteiger partial charge is 0.266 e. The first-order valence-electron chi connectivity index (χ1n) is 4.84. The van der Waals surface area contributed by atoms with E-state index in [1.54, 1.807) is 0 Å². The van der Waals surface area contributed by atoms with Gasteiger partial charge >= 0.3 is 0 Å². The standard InChI is InChI=1S/C11H9F3N2O/c12-8-2-1-6(3-7(8)11(13)14)10(17)9-4-15-5-16-9/h1-5,10-11,17H,(H,15,16). The van der Waals surface area contributed by atoms with Gasteiger partial charge in [0.1, 0.15) is 11.9 Å². The molecule has 6 heteroatoms. The summed E-state index contributed by atoms with van der Waals surface area (Å²) in [5.74, 6) is -0.988. The zero-order valence-corrected chi connectivity index (χ0v) is 8.57. The Labute approximate surface area is 94.9 Å². The van der Waals surface area contributed by atoms with E-state index < -0.39 is 23.9 Å². The minimum Gasteiger partial charge on any atom is -0.382 e. The average molecular weight is 242 g/mol. The molecule has 0 amide bonds. The number of hydrogen-bond acceptors (Lipinski definition) is 2. The maximum absolute atomic E-state index is 13.0. The molecule has 0 bridgehead atoms. The van der Waals surface area contributed by atoms with Gasteiger partial charge in [0.05, 0.1) is 17.6 Å². The number of aliphatic hydroxyl groups is 1. The van der Waals surface area contributed by atoms with Gasteiger partial charge in [-0.3, -0.25) is 0 Å². The number of aromatic amines is 1. The topological polar surface area (TPSA) is 48.9 Å². The van der Waals surface area contributed by atoms with Crippen molar-refractivity contribution in [1.29, 1.82) is 0 Å². The van der Waals surface area contributed by atoms with Crippen molar-refractivity contribution in [3.63, 3.8) is 0 Å². The molecule has 1 unspecified atom stereocenters. The molecule has 90 valence electrons. The normalized spacial score (nSPS) is 13.0. The van der Waals surface area contributed by atoms with E-state index in [9.17, 15) is 18.3 Å². The largest absolute Gasteiger partial charge is 0.382 e. The van der Waals surface area contributed by atoms with Gasteiger partial charge in [-0.15, -0.1) is 0 Å². The molecule has 2 aromatic rings. The molecular formula is C11H9F3N2O. The third-order valence-electron chi connectivity index (χ3n) is 2.37. The number of imidazole rings is 1. The zero-order chi connectivity index (χ0) is 12.4. The van der Waals surface area contributed by atoms with Crippen LogP contribution >= 0.6 is 0 Å². The Kier molecular flexibility index (Phi) is 3.14. The van der Waals surface area contributed by atoms with Gasteiger partial charge in [-0.25, -0.2) is 18.2 Å². The maximum Gasteiger partial charge on any atom is 0.266 e. The van der Waals surface area contributed by atoms with Crippen molar-refractivity contribution in [3.05, 3.63) is 53.4 Å². The highest BCUT2D eigenvalue weighted by molar-refractivity contribution is 5.31. The Morgan fingerprint density at radius 1 is 1.29 bits per heavy atom. The molecule has 1 aromatic carbocycles. The van der Waals surface area contributed by atoms with Gasteiger partial charge in [-0.05, 0) is 17.7 Å². The zero-order valence-electron chi connectivity index (χ0n) is 8.57. The van der Waals surface area contributed by atoms with E-state index in [-0.39, 0.29) is 11.3 Å². The number of aromatic nitrogens is 2. The van der Waals surface area contributed by atoms with Crippen molar-refractivity contribution in [2.45, 2.75) is 12.5 Å². The van der Waals surface area contributed by atoms with Crippen LogP contribution in [0.2, 0.25) is 0 Å². The quantitative estimate of drug-likeness (QED) is 0.869. The molecule has 0 aliphatic rings. The van der Waals surface area contributed by atoms with Crippen LogP contribution in [0.15, 0.2) is 30.7 Å². The Balaban J connectivity index is 2.37. The van der Waals surface area contributed by atoms with Crippen LogP contribution in [0.1, 0.15) is 29.4 Å². The maximum atomic E-state index is 13.0. The van der Waals surface area contributed by atoms with Gasteiger partial charge < -0.3 is 10.1 Å². The van der Waals surface area contributed by atoms with E-state index in [0.29, 0.717) is 0 Å². The first-order valence-corrected chi connectivity index (χ1v) is 4.84. The predicted molar refractivity (Wildman–Crippen MR) is 54.0 cm³/mol. The number of nitrogens with one attached hydrogen (secondary N) is 1. The first-order chi connectivity index (χ1) is 8.09. The molecule has 1 heterocycles. The van der Waals surface area contributed by atoms with Crippen molar-refractivity contribution in [1.82, 2.24) is 9.97 Å². The summed E-state index contributed by atoms with van der Waals surface area (Å²) < 4.78 is 38.0. The Hall–Kier alpha value is -1.82. The summed E-state index contributed by atoms with van der Waals surface area (Å²) in [6.07, 6.45) is -1.27. The molecule has 1 atom stereocenters. The Bertz CT molecular complexity index is 499. The number of benzene rings is 1. The summed E-state index contributed by atoms with van der Waals surface area (Å²) in [4.78, 5) is 6.44. The minimum absolute atomic E-state index is 0.175. The molecule has 0 aliphatic carbocycles. The second-order valence-corrected chi connectivity index (χ2v) is 3.48. The molecule has 0 saturated heterocycles. The van der Waals surface area contributed by atoms with Crippen molar-refractivity contribution in [2.75, 3.05) is 0 Å². The van der Waals surface area contributed by atoms with Gasteiger partial charge in [-0.1, -0.05) is 6.07 Å². The number of halogens is 3. The van der Waals surface area contributed by atoms with Gasteiger partial charge in [0.25, 0.3) is 6.43 Å². The lowest BCUT2D eigenvalue weighted by molar-refractivity contribution is 0.145. The van der Waals surface area contributed by atoms with Crippen LogP contribution in [0.25, 0.3) is 0 Å². The lowest BCUT2D eigenvalue weighted by atomic mass is 10.0. The van der Waals surface area contributed by atoms with Crippen molar-refractivity contribution in [2.24, 2.45) is 0 Å². The number of rotatable bonds is 3. The van der Waals surface area contributed by atoms with Crippen LogP contribution in [-0.2, 0) is 0 Å². The van der Waals surface area contributed by atoms with Crippen LogP contribution in [-0.4, -0.2) is 15.1 Å². The fourth-order valence-electron chi connectivity index (χ4n) is 1.49. The van der Waals surface area contributed by atoms with Crippen LogP contribution in [0, 0.1) is 5.82 Å². The third-order valence-corrected chi connectivity index (χ3v) is 2.37. The van der Waals surface area contributed by atoms with Gasteiger partial charge in [0, 0.05) is 6.20 Å². The van der Waals surface area contributed by atoms with Crippen LogP contribution < -0.4 is 0 Å². The molecule has 0 aliphatic heterocycles. The Morgan fingerprint density at radius 3 is 2.65 bits per heavy atom. The van der Waals surface area contributed by atoms with E-state index in [1.807, 2.05) is 0 Å². The number of H-pyrrole nitrogens is 1. The highest BCUT2D eigenvalue weighted by Crippen LogP contribution is 2.27. The number of alkyl halides is 2. The van der Waals surface area contributed by atoms with Gasteiger partial charge in [0.15, 0.2) is 0 Å². The van der Waals surface area contributed by atoms with Gasteiger partial charge in [-0.2, -0.15) is 0 Å². The number of nitrogens with zero attached hydrogens (tertiary/aromatic N) is 1. The summed E-state index contributed by atoms with van der Waals surface area (Å²) in [5, 5.41) is 9.83. The Morgan fingerprint density at radius 2 is 2.06 bits per heavy atom. The lowest BCUT2D eigenvalue weighted by Crippen LogP contribution is -2.02. The SMILES string of the molecule is OC(c1ccc(F)c(C(F)F)c1)c1c[nH]cn1. The molecule has 0 saturated carbocycles. The van der Waals surface area contributed by atoms with Crippen molar-refractivity contribution < 1.29 is 18.3 Å². The highest BCUT2D eigenvalue weighted by atomic mass is 19.3. The summed E-state index contributed by atoms with van der Waals surface area (Å²) in [6.45, 7) is 0. The minimum atomic E-state index is -2.92. The molecule has 2 rings (SSSR count). The van der Waals surface area contributed by atoms with Crippen molar-refractivity contribution >= 4 is 0 Å². The second kappa shape index (κ2) is 4.58. The predicted octanol–water partition coefficient (Wildman–Crippen LogP) is 2.57. The molecule has 1 aromatic heterocycles. The van der Waals surface area contributed by atoms with Gasteiger partial charge in [0.2, 0.25) is 0 Å². The molecule has 3 nitrogen and oxygen atoms in total.